The van der Waals surface area contributed by atoms with Gasteiger partial charge in [-0.1, -0.05) is 6.92 Å². The normalized spacial score (nSPS) is 44.9. The van der Waals surface area contributed by atoms with Crippen molar-refractivity contribution in [3.05, 3.63) is 0 Å². The Kier molecular flexibility index (Phi) is 2.81. The van der Waals surface area contributed by atoms with Gasteiger partial charge in [-0.2, -0.15) is 0 Å². The van der Waals surface area contributed by atoms with Gasteiger partial charge < -0.3 is 5.32 Å². The summed E-state index contributed by atoms with van der Waals surface area (Å²) in [5.41, 5.74) is 0.0818. The quantitative estimate of drug-likeness (QED) is 0.812. The number of nitrogens with one attached hydrogen (secondary N) is 1. The van der Waals surface area contributed by atoms with Crippen LogP contribution in [0.2, 0.25) is 0 Å². The molecule has 4 fully saturated rings. The monoisotopic (exact) mass is 235 g/mol. The van der Waals surface area contributed by atoms with Crippen LogP contribution in [0.25, 0.3) is 0 Å². The van der Waals surface area contributed by atoms with Gasteiger partial charge in [0.25, 0.3) is 0 Å². The van der Waals surface area contributed by atoms with Crippen LogP contribution >= 0.6 is 0 Å². The Hall–Kier alpha value is -0.370. The summed E-state index contributed by atoms with van der Waals surface area (Å²) in [6.07, 6.45) is 8.81. The fourth-order valence-electron chi connectivity index (χ4n) is 5.30. The van der Waals surface area contributed by atoms with Gasteiger partial charge in [-0.15, -0.1) is 0 Å². The Morgan fingerprint density at radius 1 is 1.18 bits per heavy atom. The van der Waals surface area contributed by atoms with E-state index in [1.165, 1.54) is 38.5 Å². The standard InChI is InChI=1S/C15H25NO/c1-3-13(16-2)14(17)15-7-10-4-11(8-15)6-12(5-10)9-15/h10-13,16H,3-9H2,1-2H3. The van der Waals surface area contributed by atoms with Gasteiger partial charge in [-0.25, -0.2) is 0 Å². The van der Waals surface area contributed by atoms with Crippen LogP contribution in [0.1, 0.15) is 51.9 Å². The highest BCUT2D eigenvalue weighted by molar-refractivity contribution is 5.90. The van der Waals surface area contributed by atoms with E-state index in [2.05, 4.69) is 12.2 Å². The van der Waals surface area contributed by atoms with Crippen LogP contribution in [0.15, 0.2) is 0 Å². The summed E-state index contributed by atoms with van der Waals surface area (Å²) in [5, 5.41) is 3.23. The molecule has 4 rings (SSSR count). The molecule has 4 aliphatic rings. The second kappa shape index (κ2) is 4.08. The molecule has 4 bridgehead atoms. The molecule has 96 valence electrons. The molecule has 2 heteroatoms. The molecular weight excluding hydrogens is 210 g/mol. The van der Waals surface area contributed by atoms with Crippen LogP contribution in [-0.4, -0.2) is 18.9 Å². The smallest absolute Gasteiger partial charge is 0.155 e. The molecule has 0 radical (unpaired) electrons. The highest BCUT2D eigenvalue weighted by Crippen LogP contribution is 2.60. The molecule has 0 amide bonds. The van der Waals surface area contributed by atoms with Crippen molar-refractivity contribution in [1.29, 1.82) is 0 Å². The molecule has 17 heavy (non-hydrogen) atoms. The highest BCUT2D eigenvalue weighted by Gasteiger charge is 2.55. The first-order valence-electron chi connectivity index (χ1n) is 7.38. The first-order valence-corrected chi connectivity index (χ1v) is 7.38. The van der Waals surface area contributed by atoms with Crippen LogP contribution in [0, 0.1) is 23.2 Å². The maximum absolute atomic E-state index is 12.8. The summed E-state index contributed by atoms with van der Waals surface area (Å²) in [4.78, 5) is 12.8. The number of carbonyl (C=O) groups is 1. The zero-order chi connectivity index (χ0) is 12.0. The molecule has 2 nitrogen and oxygen atoms in total. The molecule has 1 unspecified atom stereocenters. The molecule has 0 heterocycles. The average molecular weight is 235 g/mol. The molecule has 4 saturated carbocycles. The van der Waals surface area contributed by atoms with Crippen molar-refractivity contribution in [2.45, 2.75) is 57.9 Å². The SMILES string of the molecule is CCC(NC)C(=O)C12CC3CC(CC(C3)C1)C2. The van der Waals surface area contributed by atoms with Crippen molar-refractivity contribution in [2.75, 3.05) is 7.05 Å². The van der Waals surface area contributed by atoms with Crippen LogP contribution in [0.4, 0.5) is 0 Å². The zero-order valence-corrected chi connectivity index (χ0v) is 11.2. The van der Waals surface area contributed by atoms with Gasteiger partial charge in [0.05, 0.1) is 6.04 Å². The van der Waals surface area contributed by atoms with Crippen molar-refractivity contribution in [3.63, 3.8) is 0 Å². The molecule has 0 saturated heterocycles. The largest absolute Gasteiger partial charge is 0.311 e. The minimum Gasteiger partial charge on any atom is -0.311 e. The molecule has 0 aromatic heterocycles. The lowest BCUT2D eigenvalue weighted by atomic mass is 9.48. The van der Waals surface area contributed by atoms with Crippen molar-refractivity contribution >= 4 is 5.78 Å². The third-order valence-corrected chi connectivity index (χ3v) is 5.63. The topological polar surface area (TPSA) is 29.1 Å². The predicted octanol–water partition coefficient (Wildman–Crippen LogP) is 2.77. The van der Waals surface area contributed by atoms with Gasteiger partial charge >= 0.3 is 0 Å². The number of Topliss-reactive ketones (excluding diaryl/α,β-unsaturated/α-hetero) is 1. The van der Waals surface area contributed by atoms with Crippen molar-refractivity contribution in [1.82, 2.24) is 5.32 Å². The lowest BCUT2D eigenvalue weighted by Gasteiger charge is -2.56. The molecule has 4 aliphatic carbocycles. The second-order valence-corrected chi connectivity index (χ2v) is 6.81. The predicted molar refractivity (Wildman–Crippen MR) is 68.8 cm³/mol. The van der Waals surface area contributed by atoms with E-state index in [-0.39, 0.29) is 11.5 Å². The molecule has 0 aliphatic heterocycles. The molecular formula is C15H25NO. The highest BCUT2D eigenvalue weighted by atomic mass is 16.1. The second-order valence-electron chi connectivity index (χ2n) is 6.81. The Morgan fingerprint density at radius 2 is 1.65 bits per heavy atom. The van der Waals surface area contributed by atoms with Gasteiger partial charge in [-0.3, -0.25) is 4.79 Å². The molecule has 1 atom stereocenters. The number of carbonyl (C=O) groups excluding carboxylic acids is 1. The lowest BCUT2D eigenvalue weighted by molar-refractivity contribution is -0.146. The summed E-state index contributed by atoms with van der Waals surface area (Å²) in [6, 6.07) is 0.103. The van der Waals surface area contributed by atoms with E-state index < -0.39 is 0 Å². The average Bonchev–Trinajstić information content (AvgIpc) is 2.28. The van der Waals surface area contributed by atoms with Crippen LogP contribution < -0.4 is 5.32 Å². The van der Waals surface area contributed by atoms with Gasteiger partial charge in [0, 0.05) is 5.41 Å². The van der Waals surface area contributed by atoms with E-state index in [1.807, 2.05) is 7.05 Å². The van der Waals surface area contributed by atoms with Crippen LogP contribution in [0.3, 0.4) is 0 Å². The Balaban J connectivity index is 1.84. The third kappa shape index (κ3) is 1.76. The zero-order valence-electron chi connectivity index (χ0n) is 11.2. The van der Waals surface area contributed by atoms with E-state index in [0.29, 0.717) is 5.78 Å². The molecule has 0 aromatic carbocycles. The summed E-state index contributed by atoms with van der Waals surface area (Å²) in [6.45, 7) is 2.12. The van der Waals surface area contributed by atoms with Crippen molar-refractivity contribution in [3.8, 4) is 0 Å². The molecule has 1 N–H and O–H groups in total. The van der Waals surface area contributed by atoms with E-state index in [4.69, 9.17) is 0 Å². The van der Waals surface area contributed by atoms with E-state index in [0.717, 1.165) is 24.2 Å². The lowest BCUT2D eigenvalue weighted by Crippen LogP contribution is -2.54. The maximum Gasteiger partial charge on any atom is 0.155 e. The van der Waals surface area contributed by atoms with E-state index >= 15 is 0 Å². The summed E-state index contributed by atoms with van der Waals surface area (Å²) < 4.78 is 0. The number of hydrogen-bond acceptors (Lipinski definition) is 2. The Bertz CT molecular complexity index is 284. The molecule has 0 spiro atoms. The first kappa shape index (κ1) is 11.7. The number of rotatable bonds is 4. The first-order chi connectivity index (χ1) is 8.16. The summed E-state index contributed by atoms with van der Waals surface area (Å²) in [5.74, 6) is 3.17. The van der Waals surface area contributed by atoms with Gasteiger partial charge in [0.15, 0.2) is 5.78 Å². The van der Waals surface area contributed by atoms with E-state index in [9.17, 15) is 4.79 Å². The molecule has 0 aromatic rings. The Morgan fingerprint density at radius 3 is 2.00 bits per heavy atom. The van der Waals surface area contributed by atoms with E-state index in [1.54, 1.807) is 0 Å². The summed E-state index contributed by atoms with van der Waals surface area (Å²) >= 11 is 0. The number of ketones is 1. The minimum absolute atomic E-state index is 0.0818. The fraction of sp³-hybridized carbons (Fsp3) is 0.933. The minimum atomic E-state index is 0.0818. The fourth-order valence-corrected chi connectivity index (χ4v) is 5.30. The van der Waals surface area contributed by atoms with Crippen molar-refractivity contribution in [2.24, 2.45) is 23.2 Å². The van der Waals surface area contributed by atoms with Gasteiger partial charge in [0.1, 0.15) is 0 Å². The number of hydrogen-bond donors (Lipinski definition) is 1. The maximum atomic E-state index is 12.8. The van der Waals surface area contributed by atoms with Crippen LogP contribution in [-0.2, 0) is 4.79 Å². The summed E-state index contributed by atoms with van der Waals surface area (Å²) in [7, 11) is 1.94. The van der Waals surface area contributed by atoms with Crippen LogP contribution in [0.5, 0.6) is 0 Å². The number of likely N-dealkylation sites (N-methyl/N-ethyl adjacent to an activating group) is 1. The van der Waals surface area contributed by atoms with Gasteiger partial charge in [-0.05, 0) is 69.7 Å². The third-order valence-electron chi connectivity index (χ3n) is 5.63. The van der Waals surface area contributed by atoms with Crippen molar-refractivity contribution < 1.29 is 4.79 Å². The Labute approximate surface area is 105 Å². The van der Waals surface area contributed by atoms with Gasteiger partial charge in [0.2, 0.25) is 0 Å².